The fourth-order valence-corrected chi connectivity index (χ4v) is 6.27. The maximum atomic E-state index is 13.2. The Bertz CT molecular complexity index is 1430. The number of thioether (sulfide) groups is 1. The molecule has 2 aliphatic rings. The SMILES string of the molecule is CCc1cccc2c(/C=C3\SC(=O)N(Cc4ccc(Cl)cc4Cl)C3=O)cn(CC(=O)N3CCCCC3)c12. The number of hydrogen-bond donors (Lipinski definition) is 0. The minimum absolute atomic E-state index is 0.0735. The van der Waals surface area contributed by atoms with E-state index in [4.69, 9.17) is 23.2 Å². The van der Waals surface area contributed by atoms with Crippen LogP contribution in [0.4, 0.5) is 4.79 Å². The number of fused-ring (bicyclic) bond motifs is 1. The number of amides is 3. The Labute approximate surface area is 230 Å². The van der Waals surface area contributed by atoms with Crippen LogP contribution in [0.15, 0.2) is 47.5 Å². The van der Waals surface area contributed by atoms with Crippen molar-refractivity contribution in [2.75, 3.05) is 13.1 Å². The van der Waals surface area contributed by atoms with Crippen LogP contribution in [0.5, 0.6) is 0 Å². The number of hydrogen-bond acceptors (Lipinski definition) is 4. The third kappa shape index (κ3) is 5.31. The Morgan fingerprint density at radius 3 is 2.57 bits per heavy atom. The topological polar surface area (TPSA) is 62.6 Å². The number of imide groups is 1. The zero-order valence-electron chi connectivity index (χ0n) is 20.5. The zero-order chi connectivity index (χ0) is 26.1. The smallest absolute Gasteiger partial charge is 0.293 e. The van der Waals surface area contributed by atoms with Gasteiger partial charge in [0.05, 0.1) is 17.0 Å². The van der Waals surface area contributed by atoms with Gasteiger partial charge in [0.25, 0.3) is 11.1 Å². The quantitative estimate of drug-likeness (QED) is 0.315. The molecular formula is C28H27Cl2N3O3S. The van der Waals surface area contributed by atoms with Crippen molar-refractivity contribution in [2.24, 2.45) is 0 Å². The van der Waals surface area contributed by atoms with Gasteiger partial charge in [-0.15, -0.1) is 0 Å². The maximum absolute atomic E-state index is 13.2. The predicted octanol–water partition coefficient (Wildman–Crippen LogP) is 6.76. The lowest BCUT2D eigenvalue weighted by atomic mass is 10.1. The third-order valence-electron chi connectivity index (χ3n) is 6.91. The van der Waals surface area contributed by atoms with E-state index < -0.39 is 0 Å². The maximum Gasteiger partial charge on any atom is 0.293 e. The van der Waals surface area contributed by atoms with Gasteiger partial charge in [-0.1, -0.05) is 54.4 Å². The standard InChI is InChI=1S/C28H27Cl2N3O3S/c1-2-18-7-6-8-22-20(15-32(26(18)22)17-25(34)31-11-4-3-5-12-31)13-24-27(35)33(28(36)37-24)16-19-9-10-21(29)14-23(19)30/h6-10,13-15H,2-5,11-12,16-17H2,1H3/b24-13-. The molecule has 9 heteroatoms. The molecule has 5 rings (SSSR count). The predicted molar refractivity (Wildman–Crippen MR) is 150 cm³/mol. The summed E-state index contributed by atoms with van der Waals surface area (Å²) in [5.41, 5.74) is 3.59. The first kappa shape index (κ1) is 25.9. The molecule has 0 aliphatic carbocycles. The number of aromatic nitrogens is 1. The second kappa shape index (κ2) is 10.9. The van der Waals surface area contributed by atoms with Gasteiger partial charge in [-0.3, -0.25) is 19.3 Å². The summed E-state index contributed by atoms with van der Waals surface area (Å²) in [6.45, 7) is 4.01. The summed E-state index contributed by atoms with van der Waals surface area (Å²) < 4.78 is 1.99. The molecule has 0 bridgehead atoms. The van der Waals surface area contributed by atoms with E-state index in [0.29, 0.717) is 20.5 Å². The molecule has 6 nitrogen and oxygen atoms in total. The minimum Gasteiger partial charge on any atom is -0.341 e. The van der Waals surface area contributed by atoms with Crippen molar-refractivity contribution in [1.29, 1.82) is 0 Å². The molecule has 2 aliphatic heterocycles. The summed E-state index contributed by atoms with van der Waals surface area (Å²) >= 11 is 13.2. The highest BCUT2D eigenvalue weighted by Gasteiger charge is 2.35. The van der Waals surface area contributed by atoms with E-state index in [9.17, 15) is 14.4 Å². The first-order valence-electron chi connectivity index (χ1n) is 12.4. The van der Waals surface area contributed by atoms with E-state index in [1.807, 2.05) is 27.8 Å². The zero-order valence-corrected chi connectivity index (χ0v) is 22.8. The van der Waals surface area contributed by atoms with Crippen molar-refractivity contribution >= 4 is 69.0 Å². The highest BCUT2D eigenvalue weighted by molar-refractivity contribution is 8.18. The highest BCUT2D eigenvalue weighted by Crippen LogP contribution is 2.36. The van der Waals surface area contributed by atoms with Gasteiger partial charge in [0.15, 0.2) is 0 Å². The molecule has 0 saturated carbocycles. The highest BCUT2D eigenvalue weighted by atomic mass is 35.5. The van der Waals surface area contributed by atoms with E-state index in [2.05, 4.69) is 13.0 Å². The van der Waals surface area contributed by atoms with Gasteiger partial charge in [-0.05, 0) is 66.8 Å². The molecule has 0 radical (unpaired) electrons. The minimum atomic E-state index is -0.363. The van der Waals surface area contributed by atoms with Gasteiger partial charge >= 0.3 is 0 Å². The van der Waals surface area contributed by atoms with Crippen molar-refractivity contribution in [1.82, 2.24) is 14.4 Å². The van der Waals surface area contributed by atoms with Crippen LogP contribution in [-0.4, -0.2) is 44.5 Å². The van der Waals surface area contributed by atoms with Crippen LogP contribution in [0.2, 0.25) is 10.0 Å². The van der Waals surface area contributed by atoms with Gasteiger partial charge < -0.3 is 9.47 Å². The van der Waals surface area contributed by atoms with Crippen LogP contribution in [0.3, 0.4) is 0 Å². The summed E-state index contributed by atoms with van der Waals surface area (Å²) in [4.78, 5) is 42.6. The van der Waals surface area contributed by atoms with E-state index in [1.165, 1.54) is 11.3 Å². The molecule has 2 fully saturated rings. The van der Waals surface area contributed by atoms with Crippen LogP contribution < -0.4 is 0 Å². The third-order valence-corrected chi connectivity index (χ3v) is 8.41. The fraction of sp³-hybridized carbons (Fsp3) is 0.321. The molecule has 0 atom stereocenters. The number of carbonyl (C=O) groups excluding carboxylic acids is 3. The average Bonchev–Trinajstić information content (AvgIpc) is 3.37. The van der Waals surface area contributed by atoms with Gasteiger partial charge in [0, 0.05) is 40.3 Å². The molecule has 3 aromatic rings. The lowest BCUT2D eigenvalue weighted by Gasteiger charge is -2.27. The van der Waals surface area contributed by atoms with E-state index in [0.717, 1.165) is 66.1 Å². The van der Waals surface area contributed by atoms with Crippen LogP contribution in [0.25, 0.3) is 17.0 Å². The number of rotatable bonds is 6. The summed E-state index contributed by atoms with van der Waals surface area (Å²) in [6, 6.07) is 11.1. The summed E-state index contributed by atoms with van der Waals surface area (Å²) in [5, 5.41) is 1.51. The van der Waals surface area contributed by atoms with Gasteiger partial charge in [-0.2, -0.15) is 0 Å². The van der Waals surface area contributed by atoms with Crippen LogP contribution in [0.1, 0.15) is 42.9 Å². The Balaban J connectivity index is 1.46. The van der Waals surface area contributed by atoms with Crippen molar-refractivity contribution < 1.29 is 14.4 Å². The van der Waals surface area contributed by atoms with Crippen molar-refractivity contribution in [3.63, 3.8) is 0 Å². The summed E-state index contributed by atoms with van der Waals surface area (Å²) in [7, 11) is 0. The number of aryl methyl sites for hydroxylation is 1. The van der Waals surface area contributed by atoms with Gasteiger partial charge in [0.2, 0.25) is 5.91 Å². The number of nitrogens with zero attached hydrogens (tertiary/aromatic N) is 3. The average molecular weight is 557 g/mol. The monoisotopic (exact) mass is 555 g/mol. The largest absolute Gasteiger partial charge is 0.341 e. The Kier molecular flexibility index (Phi) is 7.65. The van der Waals surface area contributed by atoms with Gasteiger partial charge in [-0.25, -0.2) is 0 Å². The first-order chi connectivity index (χ1) is 17.9. The second-order valence-electron chi connectivity index (χ2n) is 9.32. The molecule has 2 saturated heterocycles. The number of halogens is 2. The number of benzene rings is 2. The van der Waals surface area contributed by atoms with E-state index in [1.54, 1.807) is 24.3 Å². The molecule has 0 spiro atoms. The summed E-state index contributed by atoms with van der Waals surface area (Å²) in [6.07, 6.45) is 7.76. The number of piperidine rings is 1. The molecule has 3 amide bonds. The number of para-hydroxylation sites is 1. The van der Waals surface area contributed by atoms with Crippen molar-refractivity contribution in [3.8, 4) is 0 Å². The second-order valence-corrected chi connectivity index (χ2v) is 11.2. The van der Waals surface area contributed by atoms with Crippen molar-refractivity contribution in [3.05, 3.63) is 74.2 Å². The summed E-state index contributed by atoms with van der Waals surface area (Å²) in [5.74, 6) is -0.257. The van der Waals surface area contributed by atoms with E-state index in [-0.39, 0.29) is 30.1 Å². The molecule has 2 aromatic carbocycles. The molecule has 1 aromatic heterocycles. The Hall–Kier alpha value is -2.74. The molecule has 3 heterocycles. The molecule has 0 N–H and O–H groups in total. The fourth-order valence-electron chi connectivity index (χ4n) is 4.98. The molecule has 37 heavy (non-hydrogen) atoms. The number of likely N-dealkylation sites (tertiary alicyclic amines) is 1. The Morgan fingerprint density at radius 1 is 1.05 bits per heavy atom. The Morgan fingerprint density at radius 2 is 1.84 bits per heavy atom. The molecule has 192 valence electrons. The van der Waals surface area contributed by atoms with Crippen LogP contribution in [0, 0.1) is 0 Å². The van der Waals surface area contributed by atoms with Crippen LogP contribution >= 0.6 is 35.0 Å². The molecular weight excluding hydrogens is 529 g/mol. The van der Waals surface area contributed by atoms with Crippen molar-refractivity contribution in [2.45, 2.75) is 45.7 Å². The van der Waals surface area contributed by atoms with Gasteiger partial charge in [0.1, 0.15) is 6.54 Å². The lowest BCUT2D eigenvalue weighted by molar-refractivity contribution is -0.132. The van der Waals surface area contributed by atoms with E-state index >= 15 is 0 Å². The normalized spacial score (nSPS) is 17.4. The lowest BCUT2D eigenvalue weighted by Crippen LogP contribution is -2.37. The number of carbonyl (C=O) groups is 3. The molecule has 0 unspecified atom stereocenters. The van der Waals surface area contributed by atoms with Crippen LogP contribution in [-0.2, 0) is 29.1 Å². The first-order valence-corrected chi connectivity index (χ1v) is 14.0.